The van der Waals surface area contributed by atoms with E-state index in [1.807, 2.05) is 24.4 Å². The highest BCUT2D eigenvalue weighted by Crippen LogP contribution is 2.19. The van der Waals surface area contributed by atoms with Crippen molar-refractivity contribution in [2.75, 3.05) is 6.54 Å². The minimum absolute atomic E-state index is 0.115. The van der Waals surface area contributed by atoms with E-state index in [4.69, 9.17) is 0 Å². The first-order valence-corrected chi connectivity index (χ1v) is 8.20. The van der Waals surface area contributed by atoms with Crippen LogP contribution in [0.1, 0.15) is 31.1 Å². The molecule has 1 fully saturated rings. The smallest absolute Gasteiger partial charge is 0.197 e. The average Bonchev–Trinajstić information content (AvgIpc) is 2.80. The molecule has 0 aromatic carbocycles. The van der Waals surface area contributed by atoms with Crippen molar-refractivity contribution in [2.45, 2.75) is 38.8 Å². The van der Waals surface area contributed by atoms with E-state index in [1.165, 1.54) is 0 Å². The zero-order valence-electron chi connectivity index (χ0n) is 9.93. The lowest BCUT2D eigenvalue weighted by molar-refractivity contribution is 0.265. The lowest BCUT2D eigenvalue weighted by atomic mass is 10.1. The van der Waals surface area contributed by atoms with Gasteiger partial charge in [0.2, 0.25) is 0 Å². The molecule has 1 N–H and O–H groups in total. The second-order valence-electron chi connectivity index (χ2n) is 4.36. The van der Waals surface area contributed by atoms with Gasteiger partial charge in [-0.1, -0.05) is 12.5 Å². The molecule has 1 saturated heterocycles. The van der Waals surface area contributed by atoms with Crippen LogP contribution >= 0.6 is 11.3 Å². The van der Waals surface area contributed by atoms with Gasteiger partial charge in [0.05, 0.1) is 0 Å². The van der Waals surface area contributed by atoms with Crippen LogP contribution < -0.4 is 4.72 Å². The van der Waals surface area contributed by atoms with E-state index < -0.39 is 10.2 Å². The Balaban J connectivity index is 1.98. The van der Waals surface area contributed by atoms with Gasteiger partial charge in [-0.15, -0.1) is 11.3 Å². The third-order valence-electron chi connectivity index (χ3n) is 3.06. The summed E-state index contributed by atoms with van der Waals surface area (Å²) in [6, 6.07) is 3.98. The maximum atomic E-state index is 12.1. The van der Waals surface area contributed by atoms with Crippen LogP contribution in [0.25, 0.3) is 0 Å². The highest BCUT2D eigenvalue weighted by molar-refractivity contribution is 7.87. The first-order chi connectivity index (χ1) is 8.09. The molecule has 0 spiro atoms. The van der Waals surface area contributed by atoms with Gasteiger partial charge in [0.15, 0.2) is 0 Å². The minimum atomic E-state index is -3.32. The van der Waals surface area contributed by atoms with Gasteiger partial charge in [-0.3, -0.25) is 0 Å². The Hall–Kier alpha value is -0.430. The standard InChI is InChI=1S/C11H18N2O2S2/c1-10-5-2-3-7-13(10)17(14,15)12-9-11-6-4-8-16-11/h4,6,8,10,12H,2-3,5,7,9H2,1H3. The van der Waals surface area contributed by atoms with Crippen LogP contribution in [-0.4, -0.2) is 25.3 Å². The summed E-state index contributed by atoms with van der Waals surface area (Å²) >= 11 is 1.57. The summed E-state index contributed by atoms with van der Waals surface area (Å²) in [5.41, 5.74) is 0. The summed E-state index contributed by atoms with van der Waals surface area (Å²) in [7, 11) is -3.32. The van der Waals surface area contributed by atoms with Crippen LogP contribution in [0.2, 0.25) is 0 Å². The lowest BCUT2D eigenvalue weighted by Crippen LogP contribution is -2.47. The Kier molecular flexibility index (Phi) is 4.19. The largest absolute Gasteiger partial charge is 0.280 e. The van der Waals surface area contributed by atoms with E-state index in [0.717, 1.165) is 24.1 Å². The van der Waals surface area contributed by atoms with Crippen LogP contribution in [0.5, 0.6) is 0 Å². The fourth-order valence-electron chi connectivity index (χ4n) is 2.09. The molecule has 1 aliphatic heterocycles. The molecule has 2 heterocycles. The summed E-state index contributed by atoms with van der Waals surface area (Å²) in [4.78, 5) is 1.04. The average molecular weight is 274 g/mol. The third kappa shape index (κ3) is 3.28. The molecule has 96 valence electrons. The highest BCUT2D eigenvalue weighted by atomic mass is 32.2. The van der Waals surface area contributed by atoms with Crippen molar-refractivity contribution in [3.8, 4) is 0 Å². The molecule has 1 atom stereocenters. The molecule has 17 heavy (non-hydrogen) atoms. The van der Waals surface area contributed by atoms with Gasteiger partial charge in [0.1, 0.15) is 0 Å². The van der Waals surface area contributed by atoms with E-state index in [1.54, 1.807) is 15.6 Å². The van der Waals surface area contributed by atoms with Crippen LogP contribution in [0, 0.1) is 0 Å². The second kappa shape index (κ2) is 5.48. The van der Waals surface area contributed by atoms with Crippen molar-refractivity contribution in [1.29, 1.82) is 0 Å². The van der Waals surface area contributed by atoms with E-state index >= 15 is 0 Å². The third-order valence-corrected chi connectivity index (χ3v) is 5.61. The number of nitrogens with one attached hydrogen (secondary N) is 1. The van der Waals surface area contributed by atoms with Crippen molar-refractivity contribution in [1.82, 2.24) is 9.03 Å². The molecule has 0 aliphatic carbocycles. The van der Waals surface area contributed by atoms with E-state index in [2.05, 4.69) is 4.72 Å². The molecule has 2 rings (SSSR count). The van der Waals surface area contributed by atoms with Crippen LogP contribution in [-0.2, 0) is 16.8 Å². The number of hydrogen-bond acceptors (Lipinski definition) is 3. The van der Waals surface area contributed by atoms with Gasteiger partial charge in [0.25, 0.3) is 10.2 Å². The zero-order chi connectivity index (χ0) is 12.3. The van der Waals surface area contributed by atoms with Crippen LogP contribution in [0.15, 0.2) is 17.5 Å². The summed E-state index contributed by atoms with van der Waals surface area (Å²) in [5.74, 6) is 0. The Morgan fingerprint density at radius 2 is 2.35 bits per heavy atom. The number of rotatable bonds is 4. The predicted molar refractivity (Wildman–Crippen MR) is 70.1 cm³/mol. The fourth-order valence-corrected chi connectivity index (χ4v) is 4.28. The first kappa shape index (κ1) is 13.0. The topological polar surface area (TPSA) is 49.4 Å². The molecular weight excluding hydrogens is 256 g/mol. The Morgan fingerprint density at radius 1 is 1.53 bits per heavy atom. The molecule has 1 aromatic heterocycles. The molecule has 1 aromatic rings. The zero-order valence-corrected chi connectivity index (χ0v) is 11.6. The quantitative estimate of drug-likeness (QED) is 0.912. The van der Waals surface area contributed by atoms with Gasteiger partial charge in [-0.2, -0.15) is 17.4 Å². The number of hydrogen-bond donors (Lipinski definition) is 1. The van der Waals surface area contributed by atoms with Gasteiger partial charge < -0.3 is 0 Å². The second-order valence-corrected chi connectivity index (χ2v) is 7.10. The first-order valence-electron chi connectivity index (χ1n) is 5.88. The normalized spacial score (nSPS) is 22.8. The monoisotopic (exact) mass is 274 g/mol. The maximum Gasteiger partial charge on any atom is 0.280 e. The number of nitrogens with zero attached hydrogens (tertiary/aromatic N) is 1. The fraction of sp³-hybridized carbons (Fsp3) is 0.636. The van der Waals surface area contributed by atoms with Gasteiger partial charge in [0, 0.05) is 24.0 Å². The molecule has 6 heteroatoms. The van der Waals surface area contributed by atoms with E-state index in [0.29, 0.717) is 13.1 Å². The van der Waals surface area contributed by atoms with Crippen molar-refractivity contribution >= 4 is 21.5 Å². The lowest BCUT2D eigenvalue weighted by Gasteiger charge is -2.32. The maximum absolute atomic E-state index is 12.1. The molecule has 4 nitrogen and oxygen atoms in total. The van der Waals surface area contributed by atoms with Crippen LogP contribution in [0.3, 0.4) is 0 Å². The molecule has 0 saturated carbocycles. The van der Waals surface area contributed by atoms with Gasteiger partial charge in [-0.05, 0) is 31.2 Å². The van der Waals surface area contributed by atoms with E-state index in [9.17, 15) is 8.42 Å². The Morgan fingerprint density at radius 3 is 3.00 bits per heavy atom. The summed E-state index contributed by atoms with van der Waals surface area (Å²) < 4.78 is 28.5. The molecule has 1 unspecified atom stereocenters. The van der Waals surface area contributed by atoms with E-state index in [-0.39, 0.29) is 6.04 Å². The molecular formula is C11H18N2O2S2. The summed E-state index contributed by atoms with van der Waals surface area (Å²) in [6.07, 6.45) is 3.04. The summed E-state index contributed by atoms with van der Waals surface area (Å²) in [5, 5.41) is 1.95. The van der Waals surface area contributed by atoms with Crippen molar-refractivity contribution in [3.05, 3.63) is 22.4 Å². The highest BCUT2D eigenvalue weighted by Gasteiger charge is 2.28. The SMILES string of the molecule is CC1CCCCN1S(=O)(=O)NCc1cccs1. The van der Waals surface area contributed by atoms with Crippen molar-refractivity contribution < 1.29 is 8.42 Å². The Labute approximate surface area is 107 Å². The predicted octanol–water partition coefficient (Wildman–Crippen LogP) is 1.96. The Bertz CT molecular complexity index is 442. The molecule has 1 aliphatic rings. The van der Waals surface area contributed by atoms with Crippen molar-refractivity contribution in [2.24, 2.45) is 0 Å². The number of piperidine rings is 1. The molecule has 0 amide bonds. The van der Waals surface area contributed by atoms with Crippen molar-refractivity contribution in [3.63, 3.8) is 0 Å². The van der Waals surface area contributed by atoms with Crippen LogP contribution in [0.4, 0.5) is 0 Å². The van der Waals surface area contributed by atoms with Gasteiger partial charge >= 0.3 is 0 Å². The van der Waals surface area contributed by atoms with Gasteiger partial charge in [-0.25, -0.2) is 0 Å². The molecule has 0 bridgehead atoms. The number of thiophene rings is 1. The summed E-state index contributed by atoms with van der Waals surface area (Å²) in [6.45, 7) is 3.01. The minimum Gasteiger partial charge on any atom is -0.197 e. The molecule has 0 radical (unpaired) electrons.